The van der Waals surface area contributed by atoms with Crippen LogP contribution >= 0.6 is 0 Å². The first-order valence-corrected chi connectivity index (χ1v) is 6.80. The summed E-state index contributed by atoms with van der Waals surface area (Å²) >= 11 is 0. The zero-order chi connectivity index (χ0) is 15.1. The van der Waals surface area contributed by atoms with Crippen LogP contribution in [-0.4, -0.2) is 22.5 Å². The first-order chi connectivity index (χ1) is 9.27. The number of aromatic nitrogens is 1. The lowest BCUT2D eigenvalue weighted by Gasteiger charge is -2.37. The number of carbonyl (C=O) groups excluding carboxylic acids is 3. The molecule has 108 valence electrons. The van der Waals surface area contributed by atoms with Crippen molar-refractivity contribution in [3.63, 3.8) is 0 Å². The van der Waals surface area contributed by atoms with Gasteiger partial charge in [0.05, 0.1) is 11.6 Å². The molecule has 0 radical (unpaired) electrons. The van der Waals surface area contributed by atoms with Crippen molar-refractivity contribution in [2.75, 3.05) is 0 Å². The average molecular weight is 277 g/mol. The van der Waals surface area contributed by atoms with Crippen LogP contribution in [0.4, 0.5) is 0 Å². The van der Waals surface area contributed by atoms with Gasteiger partial charge in [-0.25, -0.2) is 0 Å². The van der Waals surface area contributed by atoms with E-state index < -0.39 is 17.3 Å². The molecule has 2 atom stereocenters. The fourth-order valence-corrected chi connectivity index (χ4v) is 2.95. The maximum atomic E-state index is 12.6. The lowest BCUT2D eigenvalue weighted by Crippen LogP contribution is -2.47. The number of nitrogens with zero attached hydrogens (tertiary/aromatic N) is 1. The summed E-state index contributed by atoms with van der Waals surface area (Å²) in [6, 6.07) is 1.70. The van der Waals surface area contributed by atoms with Crippen molar-refractivity contribution in [2.45, 2.75) is 46.5 Å². The van der Waals surface area contributed by atoms with Gasteiger partial charge in [-0.1, -0.05) is 25.9 Å². The van der Waals surface area contributed by atoms with E-state index in [1.807, 2.05) is 13.8 Å². The highest BCUT2D eigenvalue weighted by Crippen LogP contribution is 2.45. The molecular weight excluding hydrogens is 258 g/mol. The molecule has 5 nitrogen and oxygen atoms in total. The Balaban J connectivity index is 2.45. The van der Waals surface area contributed by atoms with Gasteiger partial charge in [0.1, 0.15) is 11.7 Å². The van der Waals surface area contributed by atoms with Gasteiger partial charge in [0.2, 0.25) is 0 Å². The zero-order valence-corrected chi connectivity index (χ0v) is 12.2. The van der Waals surface area contributed by atoms with Gasteiger partial charge in [0, 0.05) is 18.9 Å². The van der Waals surface area contributed by atoms with Crippen LogP contribution < -0.4 is 0 Å². The zero-order valence-electron chi connectivity index (χ0n) is 12.2. The molecule has 0 bridgehead atoms. The number of Topliss-reactive ketones (excluding diaryl/α,β-unsaturated/α-hetero) is 3. The summed E-state index contributed by atoms with van der Waals surface area (Å²) < 4.78 is 5.21. The Labute approximate surface area is 117 Å². The van der Waals surface area contributed by atoms with Crippen molar-refractivity contribution in [1.82, 2.24) is 5.16 Å². The van der Waals surface area contributed by atoms with Gasteiger partial charge in [-0.2, -0.15) is 0 Å². The largest absolute Gasteiger partial charge is 0.360 e. The van der Waals surface area contributed by atoms with E-state index >= 15 is 0 Å². The first-order valence-electron chi connectivity index (χ1n) is 6.80. The number of ketones is 3. The molecule has 0 aliphatic heterocycles. The minimum Gasteiger partial charge on any atom is -0.360 e. The number of rotatable bonds is 3. The van der Waals surface area contributed by atoms with E-state index in [1.54, 1.807) is 19.9 Å². The van der Waals surface area contributed by atoms with Crippen LogP contribution in [0.1, 0.15) is 51.0 Å². The molecular formula is C15H19NO4. The van der Waals surface area contributed by atoms with Crippen molar-refractivity contribution in [1.29, 1.82) is 0 Å². The van der Waals surface area contributed by atoms with Gasteiger partial charge in [0.25, 0.3) is 0 Å². The second kappa shape index (κ2) is 4.96. The minimum absolute atomic E-state index is 0.185. The molecule has 1 aliphatic rings. The molecule has 0 amide bonds. The van der Waals surface area contributed by atoms with Crippen LogP contribution in [0, 0.1) is 18.3 Å². The molecule has 0 aromatic carbocycles. The van der Waals surface area contributed by atoms with Gasteiger partial charge >= 0.3 is 0 Å². The second-order valence-electron chi connectivity index (χ2n) is 6.09. The van der Waals surface area contributed by atoms with E-state index in [0.717, 1.165) is 0 Å². The Morgan fingerprint density at radius 3 is 2.60 bits per heavy atom. The fourth-order valence-electron chi connectivity index (χ4n) is 2.95. The van der Waals surface area contributed by atoms with Crippen molar-refractivity contribution in [2.24, 2.45) is 11.3 Å². The molecule has 1 aliphatic carbocycles. The van der Waals surface area contributed by atoms with Crippen LogP contribution in [-0.2, 0) is 14.4 Å². The molecule has 2 unspecified atom stereocenters. The topological polar surface area (TPSA) is 77.2 Å². The van der Waals surface area contributed by atoms with Gasteiger partial charge < -0.3 is 4.52 Å². The maximum absolute atomic E-state index is 12.6. The minimum atomic E-state index is -1.14. The molecule has 0 N–H and O–H groups in total. The van der Waals surface area contributed by atoms with Crippen molar-refractivity contribution < 1.29 is 18.9 Å². The summed E-state index contributed by atoms with van der Waals surface area (Å²) in [6.45, 7) is 7.12. The number of hydrogen-bond acceptors (Lipinski definition) is 5. The normalized spacial score (nSPS) is 25.8. The summed E-state index contributed by atoms with van der Waals surface area (Å²) in [5.41, 5.74) is 0.115. The third kappa shape index (κ3) is 2.32. The van der Waals surface area contributed by atoms with E-state index in [-0.39, 0.29) is 30.2 Å². The highest BCUT2D eigenvalue weighted by Gasteiger charge is 2.51. The summed E-state index contributed by atoms with van der Waals surface area (Å²) in [5.74, 6) is -2.23. The summed E-state index contributed by atoms with van der Waals surface area (Å²) in [4.78, 5) is 36.6. The smallest absolute Gasteiger partial charge is 0.162 e. The van der Waals surface area contributed by atoms with E-state index in [4.69, 9.17) is 4.52 Å². The Bertz CT molecular complexity index is 570. The monoisotopic (exact) mass is 277 g/mol. The average Bonchev–Trinajstić information content (AvgIpc) is 2.73. The summed E-state index contributed by atoms with van der Waals surface area (Å²) in [6.07, 6.45) is 0.379. The van der Waals surface area contributed by atoms with Gasteiger partial charge in [-0.05, 0) is 12.3 Å². The molecule has 1 fully saturated rings. The maximum Gasteiger partial charge on any atom is 0.162 e. The molecule has 1 heterocycles. The molecule has 5 heteroatoms. The molecule has 1 aromatic heterocycles. The molecule has 0 spiro atoms. The Kier molecular flexibility index (Phi) is 3.63. The fraction of sp³-hybridized carbons (Fsp3) is 0.600. The SMILES string of the molecule is CCC(=O)C1C(=O)CC(C)(C)C(c2cc(C)no2)C1=O. The Morgan fingerprint density at radius 1 is 1.45 bits per heavy atom. The van der Waals surface area contributed by atoms with Crippen molar-refractivity contribution in [3.05, 3.63) is 17.5 Å². The first kappa shape index (κ1) is 14.6. The summed E-state index contributed by atoms with van der Waals surface area (Å²) in [5, 5.41) is 3.80. The quantitative estimate of drug-likeness (QED) is 0.792. The number of hydrogen-bond donors (Lipinski definition) is 0. The van der Waals surface area contributed by atoms with E-state index in [2.05, 4.69) is 5.16 Å². The molecule has 1 aromatic rings. The second-order valence-corrected chi connectivity index (χ2v) is 6.09. The van der Waals surface area contributed by atoms with Gasteiger partial charge in [-0.3, -0.25) is 14.4 Å². The summed E-state index contributed by atoms with van der Waals surface area (Å²) in [7, 11) is 0. The molecule has 20 heavy (non-hydrogen) atoms. The van der Waals surface area contributed by atoms with Crippen molar-refractivity contribution in [3.8, 4) is 0 Å². The Hall–Kier alpha value is -1.78. The lowest BCUT2D eigenvalue weighted by molar-refractivity contribution is -0.147. The van der Waals surface area contributed by atoms with Crippen LogP contribution in [0.2, 0.25) is 0 Å². The highest BCUT2D eigenvalue weighted by molar-refractivity contribution is 6.22. The van der Waals surface area contributed by atoms with Crippen LogP contribution in [0.5, 0.6) is 0 Å². The standard InChI is InChI=1S/C15H19NO4/c1-5-9(17)12-10(18)7-15(3,4)13(14(12)19)11-6-8(2)16-20-11/h6,12-13H,5,7H2,1-4H3. The van der Waals surface area contributed by atoms with E-state index in [0.29, 0.717) is 11.5 Å². The van der Waals surface area contributed by atoms with Crippen LogP contribution in [0.3, 0.4) is 0 Å². The predicted molar refractivity (Wildman–Crippen MR) is 71.2 cm³/mol. The number of aryl methyl sites for hydroxylation is 1. The molecule has 2 rings (SSSR count). The third-order valence-electron chi connectivity index (χ3n) is 3.90. The van der Waals surface area contributed by atoms with E-state index in [9.17, 15) is 14.4 Å². The molecule has 1 saturated carbocycles. The lowest BCUT2D eigenvalue weighted by atomic mass is 9.62. The predicted octanol–water partition coefficient (Wildman–Crippen LogP) is 2.23. The Morgan fingerprint density at radius 2 is 2.10 bits per heavy atom. The van der Waals surface area contributed by atoms with Crippen LogP contribution in [0.25, 0.3) is 0 Å². The van der Waals surface area contributed by atoms with Crippen LogP contribution in [0.15, 0.2) is 10.6 Å². The highest BCUT2D eigenvalue weighted by atomic mass is 16.5. The molecule has 0 saturated heterocycles. The van der Waals surface area contributed by atoms with Crippen molar-refractivity contribution >= 4 is 17.3 Å². The number of carbonyl (C=O) groups is 3. The van der Waals surface area contributed by atoms with Gasteiger partial charge in [-0.15, -0.1) is 0 Å². The van der Waals surface area contributed by atoms with Gasteiger partial charge in [0.15, 0.2) is 17.3 Å². The third-order valence-corrected chi connectivity index (χ3v) is 3.90. The van der Waals surface area contributed by atoms with E-state index in [1.165, 1.54) is 0 Å².